The molecule has 8 heteroatoms. The zero-order chi connectivity index (χ0) is 18.4. The third-order valence-corrected chi connectivity index (χ3v) is 4.55. The van der Waals surface area contributed by atoms with Crippen LogP contribution in [0.3, 0.4) is 0 Å². The Morgan fingerprint density at radius 2 is 2.00 bits per heavy atom. The number of guanidine groups is 1. The van der Waals surface area contributed by atoms with Gasteiger partial charge in [-0.3, -0.25) is 9.79 Å². The van der Waals surface area contributed by atoms with E-state index in [4.69, 9.17) is 14.2 Å². The number of hydrogen-bond acceptors (Lipinski definition) is 5. The molecule has 0 bridgehead atoms. The number of ether oxygens (including phenoxy) is 3. The highest BCUT2D eigenvalue weighted by atomic mass is 127. The lowest BCUT2D eigenvalue weighted by molar-refractivity contribution is -0.145. The summed E-state index contributed by atoms with van der Waals surface area (Å²) in [7, 11) is 6.41. The summed E-state index contributed by atoms with van der Waals surface area (Å²) in [6.45, 7) is 3.96. The molecule has 0 spiro atoms. The second kappa shape index (κ2) is 10.4. The molecule has 1 aliphatic rings. The van der Waals surface area contributed by atoms with Gasteiger partial charge in [0, 0.05) is 32.2 Å². The first-order valence-electron chi connectivity index (χ1n) is 8.29. The van der Waals surface area contributed by atoms with Gasteiger partial charge in [0.1, 0.15) is 0 Å². The van der Waals surface area contributed by atoms with Gasteiger partial charge in [0.15, 0.2) is 17.5 Å². The van der Waals surface area contributed by atoms with Crippen LogP contribution in [0, 0.1) is 11.8 Å². The largest absolute Gasteiger partial charge is 0.493 e. The van der Waals surface area contributed by atoms with Crippen LogP contribution < -0.4 is 14.8 Å². The summed E-state index contributed by atoms with van der Waals surface area (Å²) in [6, 6.07) is 5.76. The number of likely N-dealkylation sites (tertiary alicyclic amines) is 1. The number of nitrogens with one attached hydrogen (secondary N) is 1. The lowest BCUT2D eigenvalue weighted by Crippen LogP contribution is -2.40. The van der Waals surface area contributed by atoms with E-state index in [1.807, 2.05) is 18.2 Å². The third-order valence-electron chi connectivity index (χ3n) is 4.55. The van der Waals surface area contributed by atoms with E-state index in [0.717, 1.165) is 18.1 Å². The SMILES string of the molecule is CN=C(NCc1cccc(OC)c1OC)N1CC(C)C(C(=O)OC)C1.I. The Morgan fingerprint density at radius 1 is 1.27 bits per heavy atom. The highest BCUT2D eigenvalue weighted by Crippen LogP contribution is 2.30. The van der Waals surface area contributed by atoms with Crippen molar-refractivity contribution in [1.29, 1.82) is 0 Å². The molecule has 1 aromatic carbocycles. The van der Waals surface area contributed by atoms with Crippen LogP contribution in [0.5, 0.6) is 11.5 Å². The van der Waals surface area contributed by atoms with Gasteiger partial charge in [-0.2, -0.15) is 0 Å². The Morgan fingerprint density at radius 3 is 2.58 bits per heavy atom. The normalized spacial score (nSPS) is 19.6. The topological polar surface area (TPSA) is 72.4 Å². The summed E-state index contributed by atoms with van der Waals surface area (Å²) in [5.74, 6) is 2.07. The number of carbonyl (C=O) groups excluding carboxylic acids is 1. The molecule has 2 atom stereocenters. The van der Waals surface area contributed by atoms with Gasteiger partial charge < -0.3 is 24.4 Å². The number of esters is 1. The molecule has 0 radical (unpaired) electrons. The Balaban J connectivity index is 0.00000338. The molecule has 146 valence electrons. The summed E-state index contributed by atoms with van der Waals surface area (Å²) in [4.78, 5) is 18.3. The average Bonchev–Trinajstić information content (AvgIpc) is 3.02. The first kappa shape index (κ1) is 22.3. The van der Waals surface area contributed by atoms with E-state index >= 15 is 0 Å². The Hall–Kier alpha value is -1.71. The third kappa shape index (κ3) is 4.93. The zero-order valence-corrected chi connectivity index (χ0v) is 18.3. The fourth-order valence-corrected chi connectivity index (χ4v) is 3.20. The quantitative estimate of drug-likeness (QED) is 0.303. The van der Waals surface area contributed by atoms with Gasteiger partial charge >= 0.3 is 5.97 Å². The van der Waals surface area contributed by atoms with Crippen molar-refractivity contribution in [3.05, 3.63) is 23.8 Å². The number of aliphatic imine (C=N–C) groups is 1. The number of benzene rings is 1. The maximum Gasteiger partial charge on any atom is 0.310 e. The maximum absolute atomic E-state index is 11.9. The Bertz CT molecular complexity index is 639. The summed E-state index contributed by atoms with van der Waals surface area (Å²) >= 11 is 0. The van der Waals surface area contributed by atoms with Gasteiger partial charge in [-0.25, -0.2) is 0 Å². The molecule has 1 fully saturated rings. The molecule has 1 aromatic rings. The van der Waals surface area contributed by atoms with Crippen molar-refractivity contribution in [1.82, 2.24) is 10.2 Å². The lowest BCUT2D eigenvalue weighted by Gasteiger charge is -2.22. The van der Waals surface area contributed by atoms with Gasteiger partial charge in [0.2, 0.25) is 0 Å². The number of methoxy groups -OCH3 is 3. The summed E-state index contributed by atoms with van der Waals surface area (Å²) in [5, 5.41) is 3.34. The van der Waals surface area contributed by atoms with E-state index in [-0.39, 0.29) is 41.8 Å². The number of halogens is 1. The average molecular weight is 477 g/mol. The van der Waals surface area contributed by atoms with E-state index in [0.29, 0.717) is 24.6 Å². The molecule has 26 heavy (non-hydrogen) atoms. The molecule has 2 rings (SSSR count). The van der Waals surface area contributed by atoms with Crippen molar-refractivity contribution in [2.75, 3.05) is 41.5 Å². The van der Waals surface area contributed by atoms with Gasteiger partial charge in [0.05, 0.1) is 27.2 Å². The van der Waals surface area contributed by atoms with Crippen molar-refractivity contribution in [2.24, 2.45) is 16.8 Å². The van der Waals surface area contributed by atoms with E-state index in [1.54, 1.807) is 21.3 Å². The zero-order valence-electron chi connectivity index (χ0n) is 15.9. The predicted molar refractivity (Wildman–Crippen MR) is 111 cm³/mol. The van der Waals surface area contributed by atoms with E-state index in [1.165, 1.54) is 7.11 Å². The molecular weight excluding hydrogens is 449 g/mol. The van der Waals surface area contributed by atoms with Crippen LogP contribution in [0.1, 0.15) is 12.5 Å². The molecule has 7 nitrogen and oxygen atoms in total. The van der Waals surface area contributed by atoms with Gasteiger partial charge in [-0.1, -0.05) is 19.1 Å². The number of nitrogens with zero attached hydrogens (tertiary/aromatic N) is 2. The minimum Gasteiger partial charge on any atom is -0.493 e. The van der Waals surface area contributed by atoms with Crippen LogP contribution in [0.4, 0.5) is 0 Å². The van der Waals surface area contributed by atoms with Crippen molar-refractivity contribution in [3.8, 4) is 11.5 Å². The summed E-state index contributed by atoms with van der Waals surface area (Å²) in [6.07, 6.45) is 0. The minimum absolute atomic E-state index is 0. The predicted octanol–water partition coefficient (Wildman–Crippen LogP) is 2.14. The minimum atomic E-state index is -0.167. The molecule has 1 saturated heterocycles. The number of rotatable bonds is 5. The van der Waals surface area contributed by atoms with Crippen molar-refractivity contribution in [3.63, 3.8) is 0 Å². The van der Waals surface area contributed by atoms with Crippen LogP contribution in [-0.2, 0) is 16.1 Å². The maximum atomic E-state index is 11.9. The van der Waals surface area contributed by atoms with Crippen molar-refractivity contribution in [2.45, 2.75) is 13.5 Å². The molecule has 0 aromatic heterocycles. The second-order valence-corrected chi connectivity index (χ2v) is 6.07. The molecule has 2 unspecified atom stereocenters. The first-order valence-corrected chi connectivity index (χ1v) is 8.29. The fraction of sp³-hybridized carbons (Fsp3) is 0.556. The molecule has 0 aliphatic carbocycles. The van der Waals surface area contributed by atoms with Crippen molar-refractivity contribution >= 4 is 35.9 Å². The molecule has 1 aliphatic heterocycles. The van der Waals surface area contributed by atoms with E-state index in [2.05, 4.69) is 22.1 Å². The Kier molecular flexibility index (Phi) is 8.97. The second-order valence-electron chi connectivity index (χ2n) is 6.07. The number of hydrogen-bond donors (Lipinski definition) is 1. The van der Waals surface area contributed by atoms with Gasteiger partial charge in [-0.15, -0.1) is 24.0 Å². The van der Waals surface area contributed by atoms with Gasteiger partial charge in [0.25, 0.3) is 0 Å². The van der Waals surface area contributed by atoms with Crippen LogP contribution in [0.15, 0.2) is 23.2 Å². The van der Waals surface area contributed by atoms with Crippen molar-refractivity contribution < 1.29 is 19.0 Å². The van der Waals surface area contributed by atoms with Crippen LogP contribution in [0.2, 0.25) is 0 Å². The summed E-state index contributed by atoms with van der Waals surface area (Å²) in [5.41, 5.74) is 0.972. The van der Waals surface area contributed by atoms with E-state index in [9.17, 15) is 4.79 Å². The van der Waals surface area contributed by atoms with Crippen LogP contribution >= 0.6 is 24.0 Å². The molecular formula is C18H28IN3O4. The van der Waals surface area contributed by atoms with E-state index < -0.39 is 0 Å². The molecule has 1 heterocycles. The standard InChI is InChI=1S/C18H27N3O4.HI/c1-12-10-21(11-14(12)17(22)25-5)18(19-2)20-9-13-7-6-8-15(23-3)16(13)24-4;/h6-8,12,14H,9-11H2,1-5H3,(H,19,20);1H. The molecule has 1 N–H and O–H groups in total. The fourth-order valence-electron chi connectivity index (χ4n) is 3.20. The number of para-hydroxylation sites is 1. The Labute approximate surface area is 172 Å². The lowest BCUT2D eigenvalue weighted by atomic mass is 9.99. The first-order chi connectivity index (χ1) is 12.0. The van der Waals surface area contributed by atoms with Crippen LogP contribution in [0.25, 0.3) is 0 Å². The smallest absolute Gasteiger partial charge is 0.310 e. The monoisotopic (exact) mass is 477 g/mol. The van der Waals surface area contributed by atoms with Crippen LogP contribution in [-0.4, -0.2) is 58.3 Å². The summed E-state index contributed by atoms with van der Waals surface area (Å²) < 4.78 is 15.7. The highest BCUT2D eigenvalue weighted by Gasteiger charge is 2.36. The molecule has 0 amide bonds. The number of carbonyl (C=O) groups is 1. The molecule has 0 saturated carbocycles. The highest BCUT2D eigenvalue weighted by molar-refractivity contribution is 14.0. The van der Waals surface area contributed by atoms with Gasteiger partial charge in [-0.05, 0) is 12.0 Å².